The van der Waals surface area contributed by atoms with E-state index >= 15 is 0 Å². The Morgan fingerprint density at radius 2 is 1.88 bits per heavy atom. The number of nitro benzene ring substituents is 2. The number of amides is 1. The van der Waals surface area contributed by atoms with E-state index in [1.165, 1.54) is 13.8 Å². The van der Waals surface area contributed by atoms with Crippen molar-refractivity contribution in [2.24, 2.45) is 0 Å². The molecule has 0 bridgehead atoms. The Bertz CT molecular complexity index is 676. The lowest BCUT2D eigenvalue weighted by Crippen LogP contribution is -2.34. The largest absolute Gasteiger partial charge is 0.487 e. The molecule has 0 aliphatic heterocycles. The molecule has 0 radical (unpaired) electrons. The fourth-order valence-corrected chi connectivity index (χ4v) is 1.88. The Kier molecular flexibility index (Phi) is 7.25. The van der Waals surface area contributed by atoms with Gasteiger partial charge in [-0.05, 0) is 6.07 Å². The molecule has 0 fully saturated rings. The van der Waals surface area contributed by atoms with Gasteiger partial charge in [0.05, 0.1) is 29.1 Å². The smallest absolute Gasteiger partial charge is 0.317 e. The summed E-state index contributed by atoms with van der Waals surface area (Å²) in [6.45, 7) is 2.53. The number of carbonyl (C=O) groups is 2. The molecule has 0 aliphatic rings. The second kappa shape index (κ2) is 9.15. The summed E-state index contributed by atoms with van der Waals surface area (Å²) in [5.41, 5.74) is -0.970. The zero-order valence-corrected chi connectivity index (χ0v) is 13.6. The van der Waals surface area contributed by atoms with Gasteiger partial charge in [-0.25, -0.2) is 0 Å². The topological polar surface area (TPSA) is 151 Å². The van der Waals surface area contributed by atoms with Crippen LogP contribution in [0.5, 0.6) is 5.75 Å². The molecule has 1 N–H and O–H groups in total. The van der Waals surface area contributed by atoms with Crippen molar-refractivity contribution >= 4 is 23.3 Å². The Labute approximate surface area is 142 Å². The minimum Gasteiger partial charge on any atom is -0.487 e. The van der Waals surface area contributed by atoms with Gasteiger partial charge in [0.2, 0.25) is 5.91 Å². The van der Waals surface area contributed by atoms with Gasteiger partial charge in [0.15, 0.2) is 5.75 Å². The summed E-state index contributed by atoms with van der Waals surface area (Å²) in [4.78, 5) is 42.1. The van der Waals surface area contributed by atoms with E-state index in [1.807, 2.05) is 0 Å². The molecule has 136 valence electrons. The van der Waals surface area contributed by atoms with Gasteiger partial charge in [-0.2, -0.15) is 0 Å². The van der Waals surface area contributed by atoms with Crippen LogP contribution < -0.4 is 10.1 Å². The van der Waals surface area contributed by atoms with E-state index in [-0.39, 0.29) is 31.2 Å². The minimum atomic E-state index is -0.789. The first-order valence-electron chi connectivity index (χ1n) is 7.18. The number of carbonyl (C=O) groups excluding carboxylic acids is 2. The number of esters is 1. The Hall–Kier alpha value is -3.24. The van der Waals surface area contributed by atoms with E-state index in [0.717, 1.165) is 18.2 Å². The van der Waals surface area contributed by atoms with Crippen molar-refractivity contribution in [3.63, 3.8) is 0 Å². The molecule has 0 saturated heterocycles. The number of non-ortho nitro benzene ring substituents is 1. The molecule has 1 unspecified atom stereocenters. The molecule has 1 aromatic rings. The Morgan fingerprint density at radius 1 is 1.20 bits per heavy atom. The molecule has 0 aromatic heterocycles. The second-order valence-corrected chi connectivity index (χ2v) is 4.97. The highest BCUT2D eigenvalue weighted by Crippen LogP contribution is 2.31. The van der Waals surface area contributed by atoms with E-state index in [4.69, 9.17) is 9.47 Å². The van der Waals surface area contributed by atoms with E-state index < -0.39 is 33.3 Å². The highest BCUT2D eigenvalue weighted by Gasteiger charge is 2.21. The Morgan fingerprint density at radius 3 is 2.40 bits per heavy atom. The lowest BCUT2D eigenvalue weighted by Gasteiger charge is -2.17. The molecule has 1 amide bonds. The predicted octanol–water partition coefficient (Wildman–Crippen LogP) is 1.34. The van der Waals surface area contributed by atoms with Crippen LogP contribution in [0.3, 0.4) is 0 Å². The zero-order valence-electron chi connectivity index (χ0n) is 13.6. The summed E-state index contributed by atoms with van der Waals surface area (Å²) in [5, 5.41) is 24.2. The van der Waals surface area contributed by atoms with Gasteiger partial charge in [-0.15, -0.1) is 0 Å². The third kappa shape index (κ3) is 6.81. The van der Waals surface area contributed by atoms with Gasteiger partial charge < -0.3 is 14.8 Å². The molecular formula is C14H17N3O8. The predicted molar refractivity (Wildman–Crippen MR) is 84.1 cm³/mol. The molecule has 1 aromatic carbocycles. The van der Waals surface area contributed by atoms with Gasteiger partial charge in [-0.3, -0.25) is 29.8 Å². The molecule has 11 heteroatoms. The number of benzene rings is 1. The first-order valence-corrected chi connectivity index (χ1v) is 7.18. The van der Waals surface area contributed by atoms with Crippen molar-refractivity contribution in [3.05, 3.63) is 38.4 Å². The summed E-state index contributed by atoms with van der Waals surface area (Å²) < 4.78 is 10.3. The Balaban J connectivity index is 2.74. The van der Waals surface area contributed by atoms with E-state index in [9.17, 15) is 29.8 Å². The van der Waals surface area contributed by atoms with Crippen LogP contribution in [0.1, 0.15) is 20.3 Å². The van der Waals surface area contributed by atoms with Gasteiger partial charge in [0.1, 0.15) is 6.10 Å². The molecule has 25 heavy (non-hydrogen) atoms. The summed E-state index contributed by atoms with van der Waals surface area (Å²) in [5.74, 6) is -0.988. The van der Waals surface area contributed by atoms with E-state index in [1.54, 1.807) is 0 Å². The first-order chi connectivity index (χ1) is 11.7. The number of nitro groups is 2. The monoisotopic (exact) mass is 355 g/mol. The third-order valence-electron chi connectivity index (χ3n) is 2.96. The van der Waals surface area contributed by atoms with Crippen LogP contribution in [0.2, 0.25) is 0 Å². The van der Waals surface area contributed by atoms with Crippen molar-refractivity contribution in [1.29, 1.82) is 0 Å². The average molecular weight is 355 g/mol. The summed E-state index contributed by atoms with van der Waals surface area (Å²) in [7, 11) is 0. The van der Waals surface area contributed by atoms with Crippen LogP contribution >= 0.6 is 0 Å². The number of hydrogen-bond donors (Lipinski definition) is 1. The normalized spacial score (nSPS) is 11.3. The summed E-state index contributed by atoms with van der Waals surface area (Å²) in [6.07, 6.45) is -0.507. The van der Waals surface area contributed by atoms with Gasteiger partial charge in [-0.1, -0.05) is 0 Å². The van der Waals surface area contributed by atoms with Crippen molar-refractivity contribution in [2.75, 3.05) is 13.2 Å². The quantitative estimate of drug-likeness (QED) is 0.396. The highest BCUT2D eigenvalue weighted by molar-refractivity contribution is 5.72. The minimum absolute atomic E-state index is 0.0593. The van der Waals surface area contributed by atoms with E-state index in [0.29, 0.717) is 0 Å². The molecule has 0 spiro atoms. The maximum absolute atomic E-state index is 11.0. The van der Waals surface area contributed by atoms with Crippen LogP contribution in [-0.2, 0) is 14.3 Å². The molecule has 0 aliphatic carbocycles. The third-order valence-corrected chi connectivity index (χ3v) is 2.96. The molecular weight excluding hydrogens is 338 g/mol. The molecule has 1 atom stereocenters. The number of nitrogens with zero attached hydrogens (tertiary/aromatic N) is 2. The van der Waals surface area contributed by atoms with Crippen molar-refractivity contribution < 1.29 is 28.9 Å². The van der Waals surface area contributed by atoms with Gasteiger partial charge in [0, 0.05) is 26.3 Å². The van der Waals surface area contributed by atoms with Crippen molar-refractivity contribution in [1.82, 2.24) is 5.32 Å². The maximum Gasteiger partial charge on any atom is 0.317 e. The standard InChI is InChI=1S/C14H17N3O8/c1-9(18)15-8-12(25-10(2)19)5-6-24-14-4-3-11(16(20)21)7-13(14)17(22)23/h3-4,7,12H,5-6,8H2,1-2H3,(H,15,18). The SMILES string of the molecule is CC(=O)NCC(CCOc1ccc([N+](=O)[O-])cc1[N+](=O)[O-])OC(C)=O. The lowest BCUT2D eigenvalue weighted by atomic mass is 10.2. The maximum atomic E-state index is 11.0. The van der Waals surface area contributed by atoms with Crippen LogP contribution in [0.15, 0.2) is 18.2 Å². The fraction of sp³-hybridized carbons (Fsp3) is 0.429. The lowest BCUT2D eigenvalue weighted by molar-refractivity contribution is -0.394. The highest BCUT2D eigenvalue weighted by atomic mass is 16.6. The van der Waals surface area contributed by atoms with Crippen LogP contribution in [0.4, 0.5) is 11.4 Å². The van der Waals surface area contributed by atoms with Crippen LogP contribution in [-0.4, -0.2) is 41.0 Å². The molecule has 0 heterocycles. The van der Waals surface area contributed by atoms with Crippen molar-refractivity contribution in [2.45, 2.75) is 26.4 Å². The van der Waals surface area contributed by atoms with Crippen LogP contribution in [0.25, 0.3) is 0 Å². The van der Waals surface area contributed by atoms with Gasteiger partial charge >= 0.3 is 11.7 Å². The van der Waals surface area contributed by atoms with E-state index in [2.05, 4.69) is 5.32 Å². The fourth-order valence-electron chi connectivity index (χ4n) is 1.88. The number of rotatable bonds is 9. The molecule has 1 rings (SSSR count). The first kappa shape index (κ1) is 19.8. The average Bonchev–Trinajstić information content (AvgIpc) is 2.51. The molecule has 11 nitrogen and oxygen atoms in total. The second-order valence-electron chi connectivity index (χ2n) is 4.97. The van der Waals surface area contributed by atoms with Crippen molar-refractivity contribution in [3.8, 4) is 5.75 Å². The summed E-state index contributed by atoms with van der Waals surface area (Å²) >= 11 is 0. The number of hydrogen-bond acceptors (Lipinski definition) is 8. The zero-order chi connectivity index (χ0) is 19.0. The molecule has 0 saturated carbocycles. The summed E-state index contributed by atoms with van der Waals surface area (Å²) in [6, 6.07) is 3.02. The van der Waals surface area contributed by atoms with Crippen LogP contribution in [0, 0.1) is 20.2 Å². The number of ether oxygens (including phenoxy) is 2. The van der Waals surface area contributed by atoms with Gasteiger partial charge in [0.25, 0.3) is 5.69 Å². The number of nitrogens with one attached hydrogen (secondary N) is 1.